The maximum absolute atomic E-state index is 13.3. The van der Waals surface area contributed by atoms with Crippen molar-refractivity contribution in [1.29, 1.82) is 0 Å². The molecule has 0 radical (unpaired) electrons. The van der Waals surface area contributed by atoms with Gasteiger partial charge in [0.25, 0.3) is 0 Å². The normalized spacial score (nSPS) is 30.3. The van der Waals surface area contributed by atoms with Gasteiger partial charge < -0.3 is 89.9 Å². The molecule has 19 heteroatoms. The molecule has 3 rings (SSSR count). The molecule has 17 unspecified atom stereocenters. The maximum atomic E-state index is 13.3. The van der Waals surface area contributed by atoms with Crippen LogP contribution in [-0.4, -0.2) is 193 Å². The second-order valence-corrected chi connectivity index (χ2v) is 21.8. The van der Waals surface area contributed by atoms with Gasteiger partial charge in [-0.15, -0.1) is 0 Å². The number of amides is 1. The Morgan fingerprint density at radius 2 is 0.864 bits per heavy atom. The third kappa shape index (κ3) is 28.3. The Morgan fingerprint density at radius 3 is 1.38 bits per heavy atom. The Hall–Kier alpha value is -2.77. The van der Waals surface area contributed by atoms with Crippen LogP contribution in [0.1, 0.15) is 181 Å². The van der Waals surface area contributed by atoms with Gasteiger partial charge in [0.05, 0.1) is 38.6 Å². The van der Waals surface area contributed by atoms with Gasteiger partial charge in [-0.2, -0.15) is 0 Å². The summed E-state index contributed by atoms with van der Waals surface area (Å²) in [5, 5.41) is 120. The molecule has 0 saturated carbocycles. The molecule has 12 N–H and O–H groups in total. The fourth-order valence-corrected chi connectivity index (χ4v) is 9.96. The van der Waals surface area contributed by atoms with Crippen LogP contribution in [0.25, 0.3) is 0 Å². The van der Waals surface area contributed by atoms with Crippen molar-refractivity contribution in [2.24, 2.45) is 0 Å². The summed E-state index contributed by atoms with van der Waals surface area (Å²) in [5.74, 6) is -0.303. The predicted octanol–water partition coefficient (Wildman–Crippen LogP) is 5.82. The molecule has 0 aliphatic carbocycles. The number of carbonyl (C=O) groups excluding carboxylic acids is 1. The maximum Gasteiger partial charge on any atom is 0.220 e. The van der Waals surface area contributed by atoms with Crippen LogP contribution in [0.15, 0.2) is 72.9 Å². The SMILES string of the molecule is CC/C=C\C/C=C\C/C=C\C/C=C\CCCCCCCCC(=O)NC(COC1OC(CO)C(OC2OC(CO)C(OC3OC(CO)C(O)C(O)C3O)C(O)C2O)C(O)C1O)C(O)/C=C/CC/C=C/CCCCCCCCCCCCC. The second kappa shape index (κ2) is 44.7. The molecule has 1 amide bonds. The average molecular weight is 1150 g/mol. The molecule has 0 aromatic heterocycles. The highest BCUT2D eigenvalue weighted by molar-refractivity contribution is 5.76. The van der Waals surface area contributed by atoms with Crippen LogP contribution >= 0.6 is 0 Å². The van der Waals surface area contributed by atoms with Gasteiger partial charge in [0.15, 0.2) is 18.9 Å². The van der Waals surface area contributed by atoms with E-state index in [0.717, 1.165) is 83.5 Å². The number of unbranched alkanes of at least 4 members (excludes halogenated alkanes) is 18. The molecule has 3 fully saturated rings. The fraction of sp³-hybridized carbons (Fsp3) is 0.790. The average Bonchev–Trinajstić information content (AvgIpc) is 3.51. The number of hydrogen-bond acceptors (Lipinski definition) is 18. The summed E-state index contributed by atoms with van der Waals surface area (Å²) in [6.07, 6.45) is 25.9. The largest absolute Gasteiger partial charge is 0.394 e. The summed E-state index contributed by atoms with van der Waals surface area (Å²) in [7, 11) is 0. The Morgan fingerprint density at radius 1 is 0.457 bits per heavy atom. The van der Waals surface area contributed by atoms with Crippen molar-refractivity contribution < 1.29 is 89.4 Å². The van der Waals surface area contributed by atoms with Gasteiger partial charge in [-0.1, -0.05) is 177 Å². The minimum atomic E-state index is -1.98. The van der Waals surface area contributed by atoms with Crippen molar-refractivity contribution >= 4 is 5.91 Å². The van der Waals surface area contributed by atoms with Crippen LogP contribution in [0.4, 0.5) is 0 Å². The molecule has 3 saturated heterocycles. The molecule has 81 heavy (non-hydrogen) atoms. The summed E-state index contributed by atoms with van der Waals surface area (Å²) in [6, 6.07) is -1.00. The standard InChI is InChI=1S/C62H107NO18/c1-3-5-7-9-11-13-15-17-19-21-22-24-26-28-30-32-34-36-38-40-50(68)63-45(46(67)39-37-35-33-31-29-27-25-23-20-18-16-14-12-10-8-6-4-2)44-76-60-56(74)53(71)58(48(42-65)78-60)81-62-57(75)54(72)59(49(43-66)79-62)80-61-55(73)52(70)51(69)47(41-64)77-61/h5,7,11,13,17,19,22,24,29,31,37,39,45-49,51-62,64-67,69-75H,3-4,6,8-10,12,14-16,18,20-21,23,25-28,30,32-36,38,40-44H2,1-2H3,(H,63,68)/b7-5-,13-11-,19-17-,24-22-,31-29+,39-37+. The monoisotopic (exact) mass is 1150 g/mol. The molecule has 0 spiro atoms. The lowest BCUT2D eigenvalue weighted by Gasteiger charge is -2.48. The van der Waals surface area contributed by atoms with E-state index < -0.39 is 124 Å². The third-order valence-electron chi connectivity index (χ3n) is 15.0. The van der Waals surface area contributed by atoms with Gasteiger partial charge in [-0.05, 0) is 70.6 Å². The van der Waals surface area contributed by atoms with E-state index in [9.17, 15) is 61.0 Å². The molecule has 468 valence electrons. The van der Waals surface area contributed by atoms with Crippen molar-refractivity contribution in [2.45, 2.75) is 285 Å². The van der Waals surface area contributed by atoms with E-state index in [4.69, 9.17) is 28.4 Å². The Kier molecular flexibility index (Phi) is 40.0. The van der Waals surface area contributed by atoms with E-state index in [0.29, 0.717) is 12.8 Å². The van der Waals surface area contributed by atoms with Gasteiger partial charge in [0, 0.05) is 6.42 Å². The van der Waals surface area contributed by atoms with E-state index in [1.807, 2.05) is 6.08 Å². The second-order valence-electron chi connectivity index (χ2n) is 21.8. The molecular formula is C62H107NO18. The molecule has 3 heterocycles. The number of hydrogen-bond donors (Lipinski definition) is 12. The first-order valence-corrected chi connectivity index (χ1v) is 30.7. The smallest absolute Gasteiger partial charge is 0.220 e. The van der Waals surface area contributed by atoms with E-state index >= 15 is 0 Å². The van der Waals surface area contributed by atoms with Crippen molar-refractivity contribution in [2.75, 3.05) is 26.4 Å². The highest BCUT2D eigenvalue weighted by atomic mass is 16.8. The Balaban J connectivity index is 1.52. The Bertz CT molecular complexity index is 1760. The molecular weight excluding hydrogens is 1050 g/mol. The molecule has 19 nitrogen and oxygen atoms in total. The van der Waals surface area contributed by atoms with Crippen LogP contribution in [0.3, 0.4) is 0 Å². The summed E-state index contributed by atoms with van der Waals surface area (Å²) >= 11 is 0. The predicted molar refractivity (Wildman–Crippen MR) is 309 cm³/mol. The molecule has 17 atom stereocenters. The zero-order valence-electron chi connectivity index (χ0n) is 48.7. The van der Waals surface area contributed by atoms with Crippen LogP contribution in [0.5, 0.6) is 0 Å². The first kappa shape index (κ1) is 72.5. The number of ether oxygens (including phenoxy) is 6. The third-order valence-corrected chi connectivity index (χ3v) is 15.0. The topological polar surface area (TPSA) is 307 Å². The van der Waals surface area contributed by atoms with E-state index in [-0.39, 0.29) is 18.9 Å². The zero-order valence-corrected chi connectivity index (χ0v) is 48.7. The van der Waals surface area contributed by atoms with Gasteiger partial charge in [-0.3, -0.25) is 4.79 Å². The molecule has 3 aliphatic heterocycles. The first-order chi connectivity index (χ1) is 39.3. The molecule has 0 bridgehead atoms. The van der Waals surface area contributed by atoms with Gasteiger partial charge in [0.1, 0.15) is 73.2 Å². The number of carbonyl (C=O) groups is 1. The van der Waals surface area contributed by atoms with Crippen LogP contribution in [0.2, 0.25) is 0 Å². The van der Waals surface area contributed by atoms with Gasteiger partial charge in [-0.25, -0.2) is 0 Å². The lowest BCUT2D eigenvalue weighted by atomic mass is 9.96. The first-order valence-electron chi connectivity index (χ1n) is 30.7. The van der Waals surface area contributed by atoms with Gasteiger partial charge in [0.2, 0.25) is 5.91 Å². The highest BCUT2D eigenvalue weighted by Gasteiger charge is 2.53. The van der Waals surface area contributed by atoms with Crippen LogP contribution < -0.4 is 5.32 Å². The van der Waals surface area contributed by atoms with Crippen molar-refractivity contribution in [3.8, 4) is 0 Å². The van der Waals surface area contributed by atoms with E-state index in [1.54, 1.807) is 6.08 Å². The number of aliphatic hydroxyl groups is 11. The zero-order chi connectivity index (χ0) is 59.0. The van der Waals surface area contributed by atoms with Crippen molar-refractivity contribution in [1.82, 2.24) is 5.32 Å². The van der Waals surface area contributed by atoms with Crippen LogP contribution in [0, 0.1) is 0 Å². The number of allylic oxidation sites excluding steroid dienone is 11. The van der Waals surface area contributed by atoms with Gasteiger partial charge >= 0.3 is 0 Å². The molecule has 0 aromatic carbocycles. The van der Waals surface area contributed by atoms with Crippen molar-refractivity contribution in [3.63, 3.8) is 0 Å². The highest BCUT2D eigenvalue weighted by Crippen LogP contribution is 2.33. The van der Waals surface area contributed by atoms with Crippen LogP contribution in [-0.2, 0) is 33.2 Å². The van der Waals surface area contributed by atoms with E-state index in [1.165, 1.54) is 64.2 Å². The molecule has 0 aromatic rings. The minimum absolute atomic E-state index is 0.216. The fourth-order valence-electron chi connectivity index (χ4n) is 9.96. The number of rotatable bonds is 44. The van der Waals surface area contributed by atoms with E-state index in [2.05, 4.69) is 79.9 Å². The summed E-state index contributed by atoms with van der Waals surface area (Å²) in [6.45, 7) is 1.56. The number of nitrogens with one attached hydrogen (secondary N) is 1. The number of aliphatic hydroxyl groups excluding tert-OH is 11. The Labute approximate surface area is 483 Å². The summed E-state index contributed by atoms with van der Waals surface area (Å²) in [5.41, 5.74) is 0. The summed E-state index contributed by atoms with van der Waals surface area (Å²) < 4.78 is 34.2. The quantitative estimate of drug-likeness (QED) is 0.0253. The van der Waals surface area contributed by atoms with Crippen molar-refractivity contribution in [3.05, 3.63) is 72.9 Å². The summed E-state index contributed by atoms with van der Waals surface area (Å²) in [4.78, 5) is 13.3. The minimum Gasteiger partial charge on any atom is -0.394 e. The molecule has 3 aliphatic rings. The lowest BCUT2D eigenvalue weighted by molar-refractivity contribution is -0.379. The lowest BCUT2D eigenvalue weighted by Crippen LogP contribution is -2.66.